The molecule has 0 aliphatic carbocycles. The molecular formula is C9H17N3O. The van der Waals surface area contributed by atoms with Gasteiger partial charge in [0.15, 0.2) is 0 Å². The lowest BCUT2D eigenvalue weighted by Crippen LogP contribution is -2.49. The van der Waals surface area contributed by atoms with Crippen LogP contribution >= 0.6 is 0 Å². The Bertz CT molecular complexity index is 192. The van der Waals surface area contributed by atoms with Crippen LogP contribution in [0.15, 0.2) is 0 Å². The van der Waals surface area contributed by atoms with Crippen molar-refractivity contribution in [3.63, 3.8) is 0 Å². The molecule has 1 aliphatic heterocycles. The number of hydrogen-bond acceptors (Lipinski definition) is 4. The fourth-order valence-electron chi connectivity index (χ4n) is 1.51. The normalized spacial score (nSPS) is 22.5. The molecule has 0 saturated carbocycles. The minimum atomic E-state index is -0.580. The first-order valence-corrected chi connectivity index (χ1v) is 4.61. The van der Waals surface area contributed by atoms with Crippen molar-refractivity contribution in [2.24, 2.45) is 5.73 Å². The second-order valence-corrected chi connectivity index (χ2v) is 3.60. The molecule has 0 spiro atoms. The van der Waals surface area contributed by atoms with Gasteiger partial charge >= 0.3 is 0 Å². The van der Waals surface area contributed by atoms with E-state index in [-0.39, 0.29) is 0 Å². The molecule has 1 aliphatic rings. The van der Waals surface area contributed by atoms with E-state index in [1.54, 1.807) is 7.11 Å². The minimum absolute atomic E-state index is 0.580. The van der Waals surface area contributed by atoms with E-state index in [0.717, 1.165) is 39.1 Å². The van der Waals surface area contributed by atoms with Crippen molar-refractivity contribution in [2.75, 3.05) is 33.4 Å². The summed E-state index contributed by atoms with van der Waals surface area (Å²) in [6.07, 6.45) is 1.54. The largest absolute Gasteiger partial charge is 0.383 e. The Morgan fingerprint density at radius 2 is 2.15 bits per heavy atom. The maximum absolute atomic E-state index is 8.79. The van der Waals surface area contributed by atoms with Gasteiger partial charge in [-0.1, -0.05) is 0 Å². The topological polar surface area (TPSA) is 62.3 Å². The van der Waals surface area contributed by atoms with Gasteiger partial charge in [0.2, 0.25) is 0 Å². The number of nitriles is 1. The summed E-state index contributed by atoms with van der Waals surface area (Å²) in [7, 11) is 1.70. The average Bonchev–Trinajstić information content (AvgIpc) is 2.17. The Hall–Kier alpha value is -0.630. The highest BCUT2D eigenvalue weighted by Crippen LogP contribution is 2.17. The van der Waals surface area contributed by atoms with Gasteiger partial charge in [0.25, 0.3) is 0 Å². The highest BCUT2D eigenvalue weighted by atomic mass is 16.5. The number of methoxy groups -OCH3 is 1. The Morgan fingerprint density at radius 1 is 1.54 bits per heavy atom. The zero-order valence-electron chi connectivity index (χ0n) is 8.12. The predicted octanol–water partition coefficient (Wildman–Crippen LogP) is -0.0503. The molecule has 0 radical (unpaired) electrons. The van der Waals surface area contributed by atoms with Crippen LogP contribution in [0.3, 0.4) is 0 Å². The van der Waals surface area contributed by atoms with Gasteiger partial charge in [-0.2, -0.15) is 5.26 Å². The van der Waals surface area contributed by atoms with E-state index in [0.29, 0.717) is 0 Å². The van der Waals surface area contributed by atoms with Crippen molar-refractivity contribution in [3.05, 3.63) is 0 Å². The highest BCUT2D eigenvalue weighted by molar-refractivity contribution is 5.07. The van der Waals surface area contributed by atoms with Crippen LogP contribution < -0.4 is 5.73 Å². The maximum Gasteiger partial charge on any atom is 0.106 e. The second kappa shape index (κ2) is 4.56. The van der Waals surface area contributed by atoms with E-state index in [9.17, 15) is 0 Å². The van der Waals surface area contributed by atoms with E-state index >= 15 is 0 Å². The van der Waals surface area contributed by atoms with Crippen LogP contribution in [0.2, 0.25) is 0 Å². The molecule has 4 heteroatoms. The lowest BCUT2D eigenvalue weighted by atomic mass is 9.90. The van der Waals surface area contributed by atoms with Crippen molar-refractivity contribution in [3.8, 4) is 6.07 Å². The van der Waals surface area contributed by atoms with Gasteiger partial charge in [0.05, 0.1) is 12.7 Å². The Labute approximate surface area is 79.3 Å². The van der Waals surface area contributed by atoms with Crippen LogP contribution in [-0.4, -0.2) is 43.8 Å². The lowest BCUT2D eigenvalue weighted by Gasteiger charge is -2.34. The monoisotopic (exact) mass is 183 g/mol. The molecule has 0 aromatic rings. The summed E-state index contributed by atoms with van der Waals surface area (Å²) in [4.78, 5) is 2.28. The standard InChI is InChI=1S/C9H17N3O/c1-13-7-6-12-4-2-9(11,8-10)3-5-12/h2-7,11H2,1H3. The van der Waals surface area contributed by atoms with Gasteiger partial charge < -0.3 is 15.4 Å². The first-order chi connectivity index (χ1) is 6.20. The van der Waals surface area contributed by atoms with Gasteiger partial charge in [-0.25, -0.2) is 0 Å². The van der Waals surface area contributed by atoms with Crippen LogP contribution in [0.25, 0.3) is 0 Å². The number of likely N-dealkylation sites (tertiary alicyclic amines) is 1. The van der Waals surface area contributed by atoms with E-state index < -0.39 is 5.54 Å². The van der Waals surface area contributed by atoms with E-state index in [1.165, 1.54) is 0 Å². The van der Waals surface area contributed by atoms with Gasteiger partial charge in [-0.15, -0.1) is 0 Å². The van der Waals surface area contributed by atoms with Crippen LogP contribution in [0, 0.1) is 11.3 Å². The van der Waals surface area contributed by atoms with Gasteiger partial charge in [-0.05, 0) is 12.8 Å². The second-order valence-electron chi connectivity index (χ2n) is 3.60. The molecule has 74 valence electrons. The third-order valence-corrected chi connectivity index (χ3v) is 2.58. The van der Waals surface area contributed by atoms with Gasteiger partial charge in [0, 0.05) is 26.7 Å². The molecular weight excluding hydrogens is 166 g/mol. The molecule has 1 rings (SSSR count). The average molecular weight is 183 g/mol. The van der Waals surface area contributed by atoms with Crippen LogP contribution in [-0.2, 0) is 4.74 Å². The van der Waals surface area contributed by atoms with Gasteiger partial charge in [0.1, 0.15) is 5.54 Å². The molecule has 0 aromatic carbocycles. The number of rotatable bonds is 3. The summed E-state index contributed by atoms with van der Waals surface area (Å²) in [6.45, 7) is 3.52. The summed E-state index contributed by atoms with van der Waals surface area (Å²) >= 11 is 0. The van der Waals surface area contributed by atoms with Crippen molar-refractivity contribution in [1.29, 1.82) is 5.26 Å². The summed E-state index contributed by atoms with van der Waals surface area (Å²) < 4.78 is 4.98. The Balaban J connectivity index is 2.27. The van der Waals surface area contributed by atoms with E-state index in [2.05, 4.69) is 11.0 Å². The quantitative estimate of drug-likeness (QED) is 0.666. The predicted molar refractivity (Wildman–Crippen MR) is 50.1 cm³/mol. The third kappa shape index (κ3) is 2.96. The number of piperidine rings is 1. The summed E-state index contributed by atoms with van der Waals surface area (Å²) in [5.41, 5.74) is 5.25. The first kappa shape index (κ1) is 10.5. The SMILES string of the molecule is COCCN1CCC(N)(C#N)CC1. The summed E-state index contributed by atoms with van der Waals surface area (Å²) in [6, 6.07) is 2.18. The van der Waals surface area contributed by atoms with Crippen LogP contribution in [0.1, 0.15) is 12.8 Å². The molecule has 13 heavy (non-hydrogen) atoms. The molecule has 1 saturated heterocycles. The lowest BCUT2D eigenvalue weighted by molar-refractivity contribution is 0.122. The van der Waals surface area contributed by atoms with E-state index in [4.69, 9.17) is 15.7 Å². The number of hydrogen-bond donors (Lipinski definition) is 1. The molecule has 0 bridgehead atoms. The molecule has 0 amide bonds. The third-order valence-electron chi connectivity index (χ3n) is 2.58. The van der Waals surface area contributed by atoms with Crippen LogP contribution in [0.4, 0.5) is 0 Å². The zero-order valence-corrected chi connectivity index (χ0v) is 8.12. The Kier molecular flexibility index (Phi) is 3.67. The highest BCUT2D eigenvalue weighted by Gasteiger charge is 2.29. The molecule has 4 nitrogen and oxygen atoms in total. The van der Waals surface area contributed by atoms with Crippen molar-refractivity contribution < 1.29 is 4.74 Å². The fraction of sp³-hybridized carbons (Fsp3) is 0.889. The molecule has 0 unspecified atom stereocenters. The fourth-order valence-corrected chi connectivity index (χ4v) is 1.51. The summed E-state index contributed by atoms with van der Waals surface area (Å²) in [5, 5.41) is 8.79. The first-order valence-electron chi connectivity index (χ1n) is 4.61. The van der Waals surface area contributed by atoms with Gasteiger partial charge in [-0.3, -0.25) is 0 Å². The molecule has 1 fully saturated rings. The molecule has 0 aromatic heterocycles. The maximum atomic E-state index is 8.79. The van der Waals surface area contributed by atoms with Crippen molar-refractivity contribution in [1.82, 2.24) is 4.90 Å². The molecule has 2 N–H and O–H groups in total. The van der Waals surface area contributed by atoms with Crippen LogP contribution in [0.5, 0.6) is 0 Å². The number of nitrogens with two attached hydrogens (primary N) is 1. The number of ether oxygens (including phenoxy) is 1. The zero-order chi connectivity index (χ0) is 9.73. The Morgan fingerprint density at radius 3 is 2.62 bits per heavy atom. The minimum Gasteiger partial charge on any atom is -0.383 e. The van der Waals surface area contributed by atoms with E-state index in [1.807, 2.05) is 0 Å². The molecule has 1 heterocycles. The molecule has 0 atom stereocenters. The van der Waals surface area contributed by atoms with Crippen molar-refractivity contribution >= 4 is 0 Å². The van der Waals surface area contributed by atoms with Crippen molar-refractivity contribution in [2.45, 2.75) is 18.4 Å². The number of nitrogens with zero attached hydrogens (tertiary/aromatic N) is 2. The smallest absolute Gasteiger partial charge is 0.106 e. The summed E-state index contributed by atoms with van der Waals surface area (Å²) in [5.74, 6) is 0.